The molecule has 0 aliphatic carbocycles. The van der Waals surface area contributed by atoms with E-state index in [0.717, 1.165) is 48.6 Å². The monoisotopic (exact) mass is 411 g/mol. The first-order valence-corrected chi connectivity index (χ1v) is 8.71. The minimum absolute atomic E-state index is 0. The Labute approximate surface area is 170 Å². The SMILES string of the molecule is Cl.Cl.O=C(Nc1cccc(-c2ccc3c(c2)OCCO3)n1)[C@H]1CCCCN1. The van der Waals surface area contributed by atoms with Gasteiger partial charge in [-0.25, -0.2) is 4.98 Å². The normalized spacial score (nSPS) is 17.9. The quantitative estimate of drug-likeness (QED) is 0.808. The van der Waals surface area contributed by atoms with Gasteiger partial charge in [-0.3, -0.25) is 4.79 Å². The number of hydrogen-bond acceptors (Lipinski definition) is 5. The summed E-state index contributed by atoms with van der Waals surface area (Å²) in [4.78, 5) is 16.9. The van der Waals surface area contributed by atoms with Crippen LogP contribution in [0.5, 0.6) is 11.5 Å². The number of pyridine rings is 1. The van der Waals surface area contributed by atoms with Gasteiger partial charge < -0.3 is 20.1 Å². The van der Waals surface area contributed by atoms with Crippen LogP contribution >= 0.6 is 24.8 Å². The third-order valence-electron chi connectivity index (χ3n) is 4.47. The van der Waals surface area contributed by atoms with Gasteiger partial charge in [0.1, 0.15) is 19.0 Å². The number of rotatable bonds is 3. The third kappa shape index (κ3) is 5.03. The summed E-state index contributed by atoms with van der Waals surface area (Å²) in [5.74, 6) is 2.02. The van der Waals surface area contributed by atoms with Gasteiger partial charge in [0.15, 0.2) is 11.5 Å². The molecule has 2 aromatic rings. The molecule has 1 atom stereocenters. The van der Waals surface area contributed by atoms with Gasteiger partial charge in [-0.2, -0.15) is 0 Å². The van der Waals surface area contributed by atoms with Crippen molar-refractivity contribution < 1.29 is 14.3 Å². The van der Waals surface area contributed by atoms with Crippen LogP contribution in [0.15, 0.2) is 36.4 Å². The fourth-order valence-electron chi connectivity index (χ4n) is 3.16. The molecule has 4 rings (SSSR count). The van der Waals surface area contributed by atoms with Gasteiger partial charge in [0.2, 0.25) is 5.91 Å². The number of carbonyl (C=O) groups is 1. The Balaban J connectivity index is 0.00000131. The molecule has 1 aromatic heterocycles. The standard InChI is InChI=1S/C19H21N3O3.2ClH/c23-19(15-4-1-2-9-20-15)22-18-6-3-5-14(21-18)13-7-8-16-17(12-13)25-11-10-24-16;;/h3,5-8,12,15,20H,1-2,4,9-11H2,(H,21,22,23);2*1H/t15-;;/m1../s1. The van der Waals surface area contributed by atoms with Crippen molar-refractivity contribution in [3.63, 3.8) is 0 Å². The van der Waals surface area contributed by atoms with Gasteiger partial charge >= 0.3 is 0 Å². The maximum absolute atomic E-state index is 12.4. The zero-order chi connectivity index (χ0) is 17.1. The maximum Gasteiger partial charge on any atom is 0.242 e. The number of amides is 1. The van der Waals surface area contributed by atoms with E-state index in [1.807, 2.05) is 36.4 Å². The van der Waals surface area contributed by atoms with Crippen molar-refractivity contribution in [2.75, 3.05) is 25.1 Å². The summed E-state index contributed by atoms with van der Waals surface area (Å²) in [6, 6.07) is 11.2. The summed E-state index contributed by atoms with van der Waals surface area (Å²) in [5, 5.41) is 6.16. The van der Waals surface area contributed by atoms with Gasteiger partial charge in [0.05, 0.1) is 11.7 Å². The molecule has 1 saturated heterocycles. The Morgan fingerprint density at radius 1 is 1.07 bits per heavy atom. The molecule has 0 saturated carbocycles. The third-order valence-corrected chi connectivity index (χ3v) is 4.47. The second-order valence-corrected chi connectivity index (χ2v) is 6.26. The van der Waals surface area contributed by atoms with E-state index in [9.17, 15) is 4.79 Å². The molecule has 0 radical (unpaired) electrons. The molecule has 8 heteroatoms. The van der Waals surface area contributed by atoms with Crippen molar-refractivity contribution in [3.8, 4) is 22.8 Å². The number of piperidine rings is 1. The molecule has 6 nitrogen and oxygen atoms in total. The lowest BCUT2D eigenvalue weighted by atomic mass is 10.0. The molecule has 0 bridgehead atoms. The zero-order valence-electron chi connectivity index (χ0n) is 14.8. The highest BCUT2D eigenvalue weighted by Gasteiger charge is 2.21. The molecule has 146 valence electrons. The zero-order valence-corrected chi connectivity index (χ0v) is 16.4. The number of carbonyl (C=O) groups excluding carboxylic acids is 1. The highest BCUT2D eigenvalue weighted by Crippen LogP contribution is 2.34. The highest BCUT2D eigenvalue weighted by atomic mass is 35.5. The first kappa shape index (κ1) is 21.3. The van der Waals surface area contributed by atoms with Crippen LogP contribution in [0.3, 0.4) is 0 Å². The van der Waals surface area contributed by atoms with Crippen LogP contribution in [0.1, 0.15) is 19.3 Å². The molecule has 3 heterocycles. The Bertz CT molecular complexity index is 783. The van der Waals surface area contributed by atoms with Gasteiger partial charge in [-0.05, 0) is 49.7 Å². The van der Waals surface area contributed by atoms with Crippen molar-refractivity contribution in [2.24, 2.45) is 0 Å². The molecule has 1 amide bonds. The average molecular weight is 412 g/mol. The maximum atomic E-state index is 12.4. The molecule has 2 N–H and O–H groups in total. The second-order valence-electron chi connectivity index (χ2n) is 6.26. The van der Waals surface area contributed by atoms with E-state index in [1.54, 1.807) is 0 Å². The lowest BCUT2D eigenvalue weighted by Gasteiger charge is -2.22. The molecule has 0 spiro atoms. The number of hydrogen-bond donors (Lipinski definition) is 2. The van der Waals surface area contributed by atoms with Crippen LogP contribution in [-0.2, 0) is 4.79 Å². The molecular weight excluding hydrogens is 389 g/mol. The Morgan fingerprint density at radius 2 is 1.89 bits per heavy atom. The fraction of sp³-hybridized carbons (Fsp3) is 0.368. The van der Waals surface area contributed by atoms with Crippen LogP contribution in [0.2, 0.25) is 0 Å². The number of fused-ring (bicyclic) bond motifs is 1. The van der Waals surface area contributed by atoms with Crippen LogP contribution in [-0.4, -0.2) is 36.7 Å². The van der Waals surface area contributed by atoms with Crippen molar-refractivity contribution >= 4 is 36.5 Å². The van der Waals surface area contributed by atoms with E-state index in [0.29, 0.717) is 19.0 Å². The molecule has 2 aliphatic rings. The summed E-state index contributed by atoms with van der Waals surface area (Å²) >= 11 is 0. The van der Waals surface area contributed by atoms with Crippen molar-refractivity contribution in [1.29, 1.82) is 0 Å². The molecule has 0 unspecified atom stereocenters. The molecule has 1 fully saturated rings. The highest BCUT2D eigenvalue weighted by molar-refractivity contribution is 5.94. The van der Waals surface area contributed by atoms with Crippen LogP contribution in [0, 0.1) is 0 Å². The van der Waals surface area contributed by atoms with E-state index in [4.69, 9.17) is 9.47 Å². The number of nitrogens with one attached hydrogen (secondary N) is 2. The van der Waals surface area contributed by atoms with Gasteiger partial charge in [0.25, 0.3) is 0 Å². The summed E-state index contributed by atoms with van der Waals surface area (Å²) in [6.07, 6.45) is 3.07. The summed E-state index contributed by atoms with van der Waals surface area (Å²) in [7, 11) is 0. The van der Waals surface area contributed by atoms with E-state index in [-0.39, 0.29) is 36.8 Å². The molecule has 27 heavy (non-hydrogen) atoms. The van der Waals surface area contributed by atoms with Gasteiger partial charge in [-0.1, -0.05) is 12.5 Å². The van der Waals surface area contributed by atoms with E-state index >= 15 is 0 Å². The average Bonchev–Trinajstić information content (AvgIpc) is 2.68. The van der Waals surface area contributed by atoms with E-state index in [1.165, 1.54) is 0 Å². The minimum atomic E-state index is -0.131. The van der Waals surface area contributed by atoms with Crippen LogP contribution in [0.4, 0.5) is 5.82 Å². The number of aromatic nitrogens is 1. The van der Waals surface area contributed by atoms with Crippen molar-refractivity contribution in [3.05, 3.63) is 36.4 Å². The number of nitrogens with zero attached hydrogens (tertiary/aromatic N) is 1. The fourth-order valence-corrected chi connectivity index (χ4v) is 3.16. The Morgan fingerprint density at radius 3 is 2.67 bits per heavy atom. The smallest absolute Gasteiger partial charge is 0.242 e. The van der Waals surface area contributed by atoms with Crippen molar-refractivity contribution in [2.45, 2.75) is 25.3 Å². The molecule has 2 aliphatic heterocycles. The Kier molecular flexibility index (Phi) is 7.71. The van der Waals surface area contributed by atoms with Crippen LogP contribution in [0.25, 0.3) is 11.3 Å². The summed E-state index contributed by atoms with van der Waals surface area (Å²) in [6.45, 7) is 2.01. The number of halogens is 2. The number of ether oxygens (including phenoxy) is 2. The van der Waals surface area contributed by atoms with E-state index < -0.39 is 0 Å². The molecular formula is C19H23Cl2N3O3. The number of benzene rings is 1. The second kappa shape index (κ2) is 9.78. The largest absolute Gasteiger partial charge is 0.486 e. The first-order chi connectivity index (χ1) is 12.3. The van der Waals surface area contributed by atoms with Gasteiger partial charge in [-0.15, -0.1) is 24.8 Å². The molecule has 1 aromatic carbocycles. The predicted molar refractivity (Wildman–Crippen MR) is 109 cm³/mol. The summed E-state index contributed by atoms with van der Waals surface area (Å²) in [5.41, 5.74) is 1.71. The van der Waals surface area contributed by atoms with Crippen LogP contribution < -0.4 is 20.1 Å². The lowest BCUT2D eigenvalue weighted by Crippen LogP contribution is -2.43. The van der Waals surface area contributed by atoms with Crippen molar-refractivity contribution in [1.82, 2.24) is 10.3 Å². The number of anilines is 1. The van der Waals surface area contributed by atoms with Gasteiger partial charge in [0, 0.05) is 5.56 Å². The first-order valence-electron chi connectivity index (χ1n) is 8.71. The topological polar surface area (TPSA) is 72.5 Å². The van der Waals surface area contributed by atoms with E-state index in [2.05, 4.69) is 15.6 Å². The Hall–Kier alpha value is -2.02. The lowest BCUT2D eigenvalue weighted by molar-refractivity contribution is -0.118. The summed E-state index contributed by atoms with van der Waals surface area (Å²) < 4.78 is 11.2. The minimum Gasteiger partial charge on any atom is -0.486 e. The predicted octanol–water partition coefficient (Wildman–Crippen LogP) is 3.44.